The quantitative estimate of drug-likeness (QED) is 0.163. The van der Waals surface area contributed by atoms with E-state index < -0.39 is 0 Å². The number of rotatable bonds is 7. The van der Waals surface area contributed by atoms with E-state index in [4.69, 9.17) is 4.42 Å². The van der Waals surface area contributed by atoms with Crippen molar-refractivity contribution in [2.45, 2.75) is 0 Å². The Morgan fingerprint density at radius 3 is 1.35 bits per heavy atom. The molecular weight excluding hydrogens is 693 g/mol. The fraction of sp³-hybridized carbons (Fsp3) is 0. The summed E-state index contributed by atoms with van der Waals surface area (Å²) in [7, 11) is 0. The molecule has 0 N–H and O–H groups in total. The van der Waals surface area contributed by atoms with Crippen LogP contribution in [-0.4, -0.2) is 0 Å². The second-order valence-electron chi connectivity index (χ2n) is 14.6. The maximum absolute atomic E-state index is 6.83. The third-order valence-electron chi connectivity index (χ3n) is 11.1. The Bertz CT molecular complexity index is 3260. The van der Waals surface area contributed by atoms with Crippen molar-refractivity contribution >= 4 is 88.4 Å². The van der Waals surface area contributed by atoms with E-state index >= 15 is 0 Å². The second-order valence-corrected chi connectivity index (χ2v) is 14.6. The molecule has 0 saturated heterocycles. The molecule has 10 aromatic carbocycles. The average Bonchev–Trinajstić information content (AvgIpc) is 3.62. The maximum Gasteiger partial charge on any atom is 0.137 e. The van der Waals surface area contributed by atoms with Crippen LogP contribution in [0.1, 0.15) is 0 Å². The van der Waals surface area contributed by atoms with Crippen molar-refractivity contribution in [1.29, 1.82) is 0 Å². The highest BCUT2D eigenvalue weighted by molar-refractivity contribution is 6.13. The standard InChI is InChI=1S/C54H36N2O/c1-3-14-37(15-4-1)42-22-13-25-46(30-42)56(48-29-27-39-17-8-10-19-41(39)32-48)51-35-50-49-33-43-20-11-12-21-44(43)34-53(49)57-54(50)36-52(51)55(45-23-5-2-6-24-45)47-28-26-38-16-7-9-18-40(38)31-47/h1-36H. The van der Waals surface area contributed by atoms with Crippen LogP contribution in [0.25, 0.3) is 65.4 Å². The van der Waals surface area contributed by atoms with Crippen LogP contribution in [-0.2, 0) is 0 Å². The molecule has 0 aliphatic heterocycles. The topological polar surface area (TPSA) is 19.6 Å². The molecule has 0 aliphatic rings. The Hall–Kier alpha value is -7.62. The van der Waals surface area contributed by atoms with Gasteiger partial charge >= 0.3 is 0 Å². The van der Waals surface area contributed by atoms with E-state index in [1.165, 1.54) is 32.5 Å². The minimum Gasteiger partial charge on any atom is -0.456 e. The lowest BCUT2D eigenvalue weighted by molar-refractivity contribution is 0.669. The van der Waals surface area contributed by atoms with Crippen molar-refractivity contribution in [2.24, 2.45) is 0 Å². The molecule has 0 atom stereocenters. The van der Waals surface area contributed by atoms with Crippen molar-refractivity contribution in [3.05, 3.63) is 218 Å². The van der Waals surface area contributed by atoms with Crippen LogP contribution in [0.4, 0.5) is 34.1 Å². The summed E-state index contributed by atoms with van der Waals surface area (Å²) in [5, 5.41) is 9.24. The van der Waals surface area contributed by atoms with E-state index in [-0.39, 0.29) is 0 Å². The summed E-state index contributed by atoms with van der Waals surface area (Å²) >= 11 is 0. The highest BCUT2D eigenvalue weighted by atomic mass is 16.3. The van der Waals surface area contributed by atoms with Gasteiger partial charge in [0.1, 0.15) is 11.2 Å². The number of nitrogens with zero attached hydrogens (tertiary/aromatic N) is 2. The Labute approximate surface area is 330 Å². The van der Waals surface area contributed by atoms with Crippen LogP contribution in [0, 0.1) is 0 Å². The van der Waals surface area contributed by atoms with Crippen LogP contribution >= 0.6 is 0 Å². The number of hydrogen-bond donors (Lipinski definition) is 0. The van der Waals surface area contributed by atoms with Crippen LogP contribution < -0.4 is 9.80 Å². The molecule has 0 radical (unpaired) electrons. The second kappa shape index (κ2) is 13.6. The van der Waals surface area contributed by atoms with Gasteiger partial charge in [0.25, 0.3) is 0 Å². The van der Waals surface area contributed by atoms with Gasteiger partial charge in [-0.25, -0.2) is 0 Å². The Balaban J connectivity index is 1.25. The molecule has 268 valence electrons. The van der Waals surface area contributed by atoms with Gasteiger partial charge in [-0.3, -0.25) is 0 Å². The summed E-state index contributed by atoms with van der Waals surface area (Å²) in [5.74, 6) is 0. The van der Waals surface area contributed by atoms with Crippen LogP contribution in [0.15, 0.2) is 223 Å². The predicted molar refractivity (Wildman–Crippen MR) is 241 cm³/mol. The lowest BCUT2D eigenvalue weighted by atomic mass is 10.0. The minimum atomic E-state index is 0.831. The number of hydrogen-bond acceptors (Lipinski definition) is 3. The van der Waals surface area contributed by atoms with Crippen LogP contribution in [0.5, 0.6) is 0 Å². The summed E-state index contributed by atoms with van der Waals surface area (Å²) < 4.78 is 6.83. The molecule has 0 spiro atoms. The molecule has 1 heterocycles. The van der Waals surface area contributed by atoms with Crippen molar-refractivity contribution in [3.63, 3.8) is 0 Å². The first-order valence-electron chi connectivity index (χ1n) is 19.4. The minimum absolute atomic E-state index is 0.831. The summed E-state index contributed by atoms with van der Waals surface area (Å²) in [6, 6.07) is 78.4. The van der Waals surface area contributed by atoms with E-state index in [9.17, 15) is 0 Å². The molecular formula is C54H36N2O. The number of benzene rings is 10. The van der Waals surface area contributed by atoms with Crippen molar-refractivity contribution < 1.29 is 4.42 Å². The van der Waals surface area contributed by atoms with Gasteiger partial charge in [0.15, 0.2) is 0 Å². The maximum atomic E-state index is 6.83. The van der Waals surface area contributed by atoms with Crippen molar-refractivity contribution in [3.8, 4) is 11.1 Å². The van der Waals surface area contributed by atoms with Crippen LogP contribution in [0.2, 0.25) is 0 Å². The fourth-order valence-electron chi connectivity index (χ4n) is 8.36. The van der Waals surface area contributed by atoms with Crippen molar-refractivity contribution in [1.82, 2.24) is 0 Å². The number of furan rings is 1. The summed E-state index contributed by atoms with van der Waals surface area (Å²) in [5.41, 5.74) is 10.2. The fourth-order valence-corrected chi connectivity index (χ4v) is 8.36. The predicted octanol–water partition coefficient (Wildman–Crippen LogP) is 15.7. The summed E-state index contributed by atoms with van der Waals surface area (Å²) in [6.07, 6.45) is 0. The Morgan fingerprint density at radius 2 is 0.702 bits per heavy atom. The Morgan fingerprint density at radius 1 is 0.263 bits per heavy atom. The zero-order valence-corrected chi connectivity index (χ0v) is 31.1. The lowest BCUT2D eigenvalue weighted by Gasteiger charge is -2.33. The van der Waals surface area contributed by atoms with Gasteiger partial charge in [0.2, 0.25) is 0 Å². The molecule has 0 bridgehead atoms. The van der Waals surface area contributed by atoms with Gasteiger partial charge in [0, 0.05) is 39.6 Å². The zero-order valence-electron chi connectivity index (χ0n) is 31.1. The molecule has 57 heavy (non-hydrogen) atoms. The van der Waals surface area contributed by atoms with Crippen molar-refractivity contribution in [2.75, 3.05) is 9.80 Å². The molecule has 0 saturated carbocycles. The lowest BCUT2D eigenvalue weighted by Crippen LogP contribution is -2.17. The largest absolute Gasteiger partial charge is 0.456 e. The third kappa shape index (κ3) is 5.85. The van der Waals surface area contributed by atoms with E-state index in [1.54, 1.807) is 0 Å². The van der Waals surface area contributed by atoms with Crippen LogP contribution in [0.3, 0.4) is 0 Å². The van der Waals surface area contributed by atoms with E-state index in [0.717, 1.165) is 67.0 Å². The first-order valence-corrected chi connectivity index (χ1v) is 19.4. The number of anilines is 6. The van der Waals surface area contributed by atoms with Gasteiger partial charge in [-0.2, -0.15) is 0 Å². The third-order valence-corrected chi connectivity index (χ3v) is 11.1. The molecule has 0 amide bonds. The summed E-state index contributed by atoms with van der Waals surface area (Å²) in [4.78, 5) is 4.80. The van der Waals surface area contributed by atoms with Gasteiger partial charge in [-0.1, -0.05) is 146 Å². The molecule has 11 rings (SSSR count). The number of fused-ring (bicyclic) bond motifs is 6. The van der Waals surface area contributed by atoms with Gasteiger partial charge in [-0.05, 0) is 110 Å². The van der Waals surface area contributed by atoms with E-state index in [0.29, 0.717) is 0 Å². The van der Waals surface area contributed by atoms with Gasteiger partial charge in [-0.15, -0.1) is 0 Å². The molecule has 11 aromatic rings. The smallest absolute Gasteiger partial charge is 0.137 e. The Kier molecular flexibility index (Phi) is 7.82. The molecule has 1 aromatic heterocycles. The zero-order chi connectivity index (χ0) is 37.7. The summed E-state index contributed by atoms with van der Waals surface area (Å²) in [6.45, 7) is 0. The molecule has 0 unspecified atom stereocenters. The molecule has 3 nitrogen and oxygen atoms in total. The van der Waals surface area contributed by atoms with E-state index in [2.05, 4.69) is 228 Å². The average molecular weight is 729 g/mol. The van der Waals surface area contributed by atoms with Gasteiger partial charge < -0.3 is 14.2 Å². The molecule has 0 fully saturated rings. The molecule has 0 aliphatic carbocycles. The molecule has 3 heteroatoms. The van der Waals surface area contributed by atoms with E-state index in [1.807, 2.05) is 0 Å². The normalized spacial score (nSPS) is 11.5. The van der Waals surface area contributed by atoms with Gasteiger partial charge in [0.05, 0.1) is 11.4 Å². The highest BCUT2D eigenvalue weighted by Gasteiger charge is 2.26. The SMILES string of the molecule is c1ccc(-c2cccc(N(c3ccc4ccccc4c3)c3cc4c(cc3N(c3ccccc3)c3ccc5ccccc5c3)oc3cc5ccccc5cc34)c2)cc1. The highest BCUT2D eigenvalue weighted by Crippen LogP contribution is 2.50. The monoisotopic (exact) mass is 728 g/mol. The number of para-hydroxylation sites is 1. The first-order chi connectivity index (χ1) is 28.2. The first kappa shape index (κ1) is 32.8.